The van der Waals surface area contributed by atoms with Crippen LogP contribution in [0.15, 0.2) is 46.8 Å². The van der Waals surface area contributed by atoms with Crippen molar-refractivity contribution in [2.45, 2.75) is 11.3 Å². The fraction of sp³-hybridized carbons (Fsp3) is 0.118. The molecule has 0 aliphatic carbocycles. The van der Waals surface area contributed by atoms with E-state index in [9.17, 15) is 9.18 Å². The van der Waals surface area contributed by atoms with E-state index in [-0.39, 0.29) is 17.3 Å². The number of aryl methyl sites for hydroxylation is 1. The van der Waals surface area contributed by atoms with Crippen molar-refractivity contribution in [1.29, 1.82) is 0 Å². The Bertz CT molecular complexity index is 935. The van der Waals surface area contributed by atoms with Gasteiger partial charge < -0.3 is 10.6 Å². The summed E-state index contributed by atoms with van der Waals surface area (Å²) in [6.45, 7) is 1.79. The zero-order chi connectivity index (χ0) is 18.5. The van der Waals surface area contributed by atoms with Gasteiger partial charge in [-0.05, 0) is 42.8 Å². The van der Waals surface area contributed by atoms with Gasteiger partial charge in [0.15, 0.2) is 4.34 Å². The molecule has 1 amide bonds. The van der Waals surface area contributed by atoms with Crippen LogP contribution in [0.1, 0.15) is 5.56 Å². The maximum absolute atomic E-state index is 13.8. The van der Waals surface area contributed by atoms with Crippen molar-refractivity contribution < 1.29 is 9.18 Å². The molecule has 0 saturated carbocycles. The molecule has 0 saturated heterocycles. The van der Waals surface area contributed by atoms with E-state index in [2.05, 4.69) is 20.8 Å². The van der Waals surface area contributed by atoms with Crippen LogP contribution in [0.5, 0.6) is 0 Å². The first kappa shape index (κ1) is 18.6. The van der Waals surface area contributed by atoms with Crippen LogP contribution in [0.2, 0.25) is 5.02 Å². The summed E-state index contributed by atoms with van der Waals surface area (Å²) < 4.78 is 14.4. The zero-order valence-corrected chi connectivity index (χ0v) is 16.0. The smallest absolute Gasteiger partial charge is 0.234 e. The van der Waals surface area contributed by atoms with Gasteiger partial charge >= 0.3 is 0 Å². The SMILES string of the molecule is Cc1ccc(NC(=O)CSc2nnc(Nc3cccc(Cl)c3)s2)c(F)c1. The lowest BCUT2D eigenvalue weighted by Crippen LogP contribution is -2.15. The third-order valence-corrected chi connectivity index (χ3v) is 5.41. The van der Waals surface area contributed by atoms with E-state index in [1.165, 1.54) is 29.2 Å². The molecule has 134 valence electrons. The molecule has 0 spiro atoms. The molecule has 0 atom stereocenters. The monoisotopic (exact) mass is 408 g/mol. The largest absolute Gasteiger partial charge is 0.330 e. The molecule has 3 rings (SSSR count). The maximum atomic E-state index is 13.8. The number of carbonyl (C=O) groups is 1. The predicted octanol–water partition coefficient (Wildman–Crippen LogP) is 5.11. The maximum Gasteiger partial charge on any atom is 0.234 e. The molecular weight excluding hydrogens is 395 g/mol. The minimum Gasteiger partial charge on any atom is -0.330 e. The minimum atomic E-state index is -0.452. The summed E-state index contributed by atoms with van der Waals surface area (Å²) in [7, 11) is 0. The van der Waals surface area contributed by atoms with E-state index in [0.717, 1.165) is 11.3 Å². The summed E-state index contributed by atoms with van der Waals surface area (Å²) in [6, 6.07) is 11.9. The van der Waals surface area contributed by atoms with E-state index in [4.69, 9.17) is 11.6 Å². The zero-order valence-electron chi connectivity index (χ0n) is 13.6. The number of anilines is 3. The van der Waals surface area contributed by atoms with E-state index >= 15 is 0 Å². The second-order valence-corrected chi connectivity index (χ2v) is 7.97. The molecule has 26 heavy (non-hydrogen) atoms. The van der Waals surface area contributed by atoms with Crippen LogP contribution >= 0.6 is 34.7 Å². The Labute approximate surface area is 163 Å². The fourth-order valence-corrected chi connectivity index (χ4v) is 3.81. The predicted molar refractivity (Wildman–Crippen MR) is 105 cm³/mol. The fourth-order valence-electron chi connectivity index (χ4n) is 2.04. The number of halogens is 2. The lowest BCUT2D eigenvalue weighted by Gasteiger charge is -2.06. The van der Waals surface area contributed by atoms with Gasteiger partial charge in [-0.15, -0.1) is 10.2 Å². The van der Waals surface area contributed by atoms with Gasteiger partial charge in [-0.1, -0.05) is 46.8 Å². The molecule has 0 aliphatic heterocycles. The Balaban J connectivity index is 1.53. The van der Waals surface area contributed by atoms with Crippen LogP contribution in [0.3, 0.4) is 0 Å². The van der Waals surface area contributed by atoms with Gasteiger partial charge in [-0.2, -0.15) is 0 Å². The normalized spacial score (nSPS) is 10.6. The highest BCUT2D eigenvalue weighted by Gasteiger charge is 2.11. The van der Waals surface area contributed by atoms with Crippen molar-refractivity contribution in [3.05, 3.63) is 58.9 Å². The molecule has 9 heteroatoms. The minimum absolute atomic E-state index is 0.110. The Morgan fingerprint density at radius 1 is 1.27 bits per heavy atom. The molecule has 0 unspecified atom stereocenters. The van der Waals surface area contributed by atoms with Crippen LogP contribution in [-0.4, -0.2) is 21.9 Å². The highest BCUT2D eigenvalue weighted by molar-refractivity contribution is 8.01. The first-order valence-electron chi connectivity index (χ1n) is 7.54. The Morgan fingerprint density at radius 2 is 2.12 bits per heavy atom. The van der Waals surface area contributed by atoms with Crippen LogP contribution in [0.25, 0.3) is 0 Å². The van der Waals surface area contributed by atoms with Gasteiger partial charge in [0.1, 0.15) is 5.82 Å². The lowest BCUT2D eigenvalue weighted by molar-refractivity contribution is -0.113. The summed E-state index contributed by atoms with van der Waals surface area (Å²) in [5, 5.41) is 14.9. The van der Waals surface area contributed by atoms with Crippen LogP contribution in [0, 0.1) is 12.7 Å². The summed E-state index contributed by atoms with van der Waals surface area (Å²) in [5.74, 6) is -0.649. The number of nitrogens with zero attached hydrogens (tertiary/aromatic N) is 2. The Hall–Kier alpha value is -2.16. The first-order chi connectivity index (χ1) is 12.5. The van der Waals surface area contributed by atoms with Gasteiger partial charge in [0.2, 0.25) is 11.0 Å². The van der Waals surface area contributed by atoms with Gasteiger partial charge in [0.25, 0.3) is 0 Å². The molecule has 1 aromatic heterocycles. The summed E-state index contributed by atoms with van der Waals surface area (Å²) in [5.41, 5.74) is 1.77. The van der Waals surface area contributed by atoms with Gasteiger partial charge in [-0.3, -0.25) is 4.79 Å². The molecule has 0 bridgehead atoms. The third kappa shape index (κ3) is 5.17. The summed E-state index contributed by atoms with van der Waals surface area (Å²) in [6.07, 6.45) is 0. The molecule has 0 aliphatic rings. The van der Waals surface area contributed by atoms with E-state index in [0.29, 0.717) is 14.5 Å². The summed E-state index contributed by atoms with van der Waals surface area (Å²) >= 11 is 8.49. The number of rotatable bonds is 6. The molecule has 2 aromatic carbocycles. The number of hydrogen-bond donors (Lipinski definition) is 2. The highest BCUT2D eigenvalue weighted by atomic mass is 35.5. The number of thioether (sulfide) groups is 1. The summed E-state index contributed by atoms with van der Waals surface area (Å²) in [4.78, 5) is 12.0. The quantitative estimate of drug-likeness (QED) is 0.554. The molecule has 0 fully saturated rings. The highest BCUT2D eigenvalue weighted by Crippen LogP contribution is 2.28. The van der Waals surface area contributed by atoms with Crippen molar-refractivity contribution >= 4 is 57.1 Å². The Morgan fingerprint density at radius 3 is 2.88 bits per heavy atom. The molecule has 2 N–H and O–H groups in total. The number of hydrogen-bond acceptors (Lipinski definition) is 6. The van der Waals surface area contributed by atoms with Crippen LogP contribution < -0.4 is 10.6 Å². The van der Waals surface area contributed by atoms with Crippen molar-refractivity contribution in [1.82, 2.24) is 10.2 Å². The molecule has 3 aromatic rings. The second kappa shape index (κ2) is 8.48. The number of nitrogens with one attached hydrogen (secondary N) is 2. The lowest BCUT2D eigenvalue weighted by atomic mass is 10.2. The molecule has 0 radical (unpaired) electrons. The molecule has 5 nitrogen and oxygen atoms in total. The van der Waals surface area contributed by atoms with Crippen molar-refractivity contribution in [2.75, 3.05) is 16.4 Å². The van der Waals surface area contributed by atoms with Crippen molar-refractivity contribution in [3.63, 3.8) is 0 Å². The van der Waals surface area contributed by atoms with E-state index in [1.54, 1.807) is 31.2 Å². The molecular formula is C17H14ClFN4OS2. The standard InChI is InChI=1S/C17H14ClFN4OS2/c1-10-5-6-14(13(19)7-10)21-15(24)9-25-17-23-22-16(26-17)20-12-4-2-3-11(18)8-12/h2-8H,9H2,1H3,(H,20,22)(H,21,24). The van der Waals surface area contributed by atoms with Crippen molar-refractivity contribution in [3.8, 4) is 0 Å². The van der Waals surface area contributed by atoms with Crippen LogP contribution in [-0.2, 0) is 4.79 Å². The van der Waals surface area contributed by atoms with Gasteiger partial charge in [0.05, 0.1) is 11.4 Å². The number of amides is 1. The number of carbonyl (C=O) groups excluding carboxylic acids is 1. The number of benzene rings is 2. The molecule has 1 heterocycles. The first-order valence-corrected chi connectivity index (χ1v) is 9.72. The number of aromatic nitrogens is 2. The average molecular weight is 409 g/mol. The van der Waals surface area contributed by atoms with Crippen LogP contribution in [0.4, 0.5) is 20.9 Å². The van der Waals surface area contributed by atoms with E-state index in [1.807, 2.05) is 12.1 Å². The van der Waals surface area contributed by atoms with Crippen molar-refractivity contribution in [2.24, 2.45) is 0 Å². The average Bonchev–Trinajstić information content (AvgIpc) is 3.03. The third-order valence-electron chi connectivity index (χ3n) is 3.21. The topological polar surface area (TPSA) is 66.9 Å². The second-order valence-electron chi connectivity index (χ2n) is 5.33. The van der Waals surface area contributed by atoms with Gasteiger partial charge in [0, 0.05) is 10.7 Å². The Kier molecular flexibility index (Phi) is 6.08. The van der Waals surface area contributed by atoms with E-state index < -0.39 is 5.82 Å². The van der Waals surface area contributed by atoms with Gasteiger partial charge in [-0.25, -0.2) is 4.39 Å².